The number of fused-ring (bicyclic) bond motifs is 2. The standard InChI is InChI=1S/2C17H15.2CH3.2ClH.Si.Zr/c2*1-12-8-9-13(2)17-11-15(10-16(12)17)14-6-4-3-5-7-14;;;;;;/h2*3-11H,1-2H3;2*1H3;2*1H;;/q4*-1;;;;. The van der Waals surface area contributed by atoms with E-state index in [4.69, 9.17) is 0 Å². The molecule has 4 heteroatoms. The molecule has 0 saturated heterocycles. The van der Waals surface area contributed by atoms with Gasteiger partial charge in [-0.15, -0.1) is 92.9 Å². The number of benzene rings is 4. The number of hydrogen-bond acceptors (Lipinski definition) is 0. The summed E-state index contributed by atoms with van der Waals surface area (Å²) in [5.41, 5.74) is 10.6. The Kier molecular flexibility index (Phi) is 16.6. The van der Waals surface area contributed by atoms with E-state index in [-0.39, 0.29) is 39.7 Å². The van der Waals surface area contributed by atoms with E-state index in [0.717, 1.165) is 0 Å². The van der Waals surface area contributed by atoms with Gasteiger partial charge in [0.1, 0.15) is 0 Å². The summed E-state index contributed by atoms with van der Waals surface area (Å²) in [6, 6.07) is 39.1. The summed E-state index contributed by atoms with van der Waals surface area (Å²) in [4.78, 5) is 0. The molecule has 0 fully saturated rings. The fourth-order valence-electron chi connectivity index (χ4n) is 4.78. The van der Waals surface area contributed by atoms with Crippen molar-refractivity contribution >= 4 is 53.2 Å². The van der Waals surface area contributed by atoms with Gasteiger partial charge < -0.3 is 14.9 Å². The van der Waals surface area contributed by atoms with Gasteiger partial charge in [0.25, 0.3) is 0 Å². The van der Waals surface area contributed by atoms with Gasteiger partial charge in [0.15, 0.2) is 0 Å². The first-order valence-electron chi connectivity index (χ1n) is 12.2. The molecular weight excluding hydrogens is 623 g/mol. The fourth-order valence-corrected chi connectivity index (χ4v) is 4.78. The van der Waals surface area contributed by atoms with Gasteiger partial charge in [-0.1, -0.05) is 121 Å². The minimum absolute atomic E-state index is 0. The molecule has 0 N–H and O–H groups in total. The molecule has 0 saturated carbocycles. The summed E-state index contributed by atoms with van der Waals surface area (Å²) in [5.74, 6) is 0. The van der Waals surface area contributed by atoms with E-state index in [1.165, 1.54) is 89.4 Å². The molecule has 0 aliphatic rings. The molecule has 0 aromatic heterocycles. The van der Waals surface area contributed by atoms with Crippen molar-refractivity contribution in [3.05, 3.63) is 146 Å². The van der Waals surface area contributed by atoms with Crippen LogP contribution in [0.25, 0.3) is 43.8 Å². The van der Waals surface area contributed by atoms with Crippen molar-refractivity contribution in [3.8, 4) is 22.3 Å². The molecule has 0 aliphatic carbocycles. The van der Waals surface area contributed by atoms with Crippen molar-refractivity contribution in [3.63, 3.8) is 0 Å². The molecule has 0 aliphatic heterocycles. The second-order valence-electron chi connectivity index (χ2n) is 9.27. The molecule has 6 aromatic rings. The number of rotatable bonds is 2. The third-order valence-electron chi connectivity index (χ3n) is 6.86. The maximum absolute atomic E-state index is 3.06. The Labute approximate surface area is 271 Å². The SMILES string of the molecule is Cc1ccc(C)c2[cH-]c(-c3ccccc3)cc12.Cc1ccc(C)c2[cH-]c(-c3ccccc3)cc12.Cl.Cl.[CH3-].[CH3-].[Si]=[Zr]. The van der Waals surface area contributed by atoms with Gasteiger partial charge in [0.05, 0.1) is 0 Å². The maximum atomic E-state index is 3.06. The van der Waals surface area contributed by atoms with Gasteiger partial charge in [-0.05, 0) is 13.8 Å². The molecule has 0 bridgehead atoms. The molecule has 0 nitrogen and oxygen atoms in total. The van der Waals surface area contributed by atoms with Crippen molar-refractivity contribution in [1.82, 2.24) is 0 Å². The van der Waals surface area contributed by atoms with Gasteiger partial charge in [-0.3, -0.25) is 0 Å². The van der Waals surface area contributed by atoms with Crippen molar-refractivity contribution in [2.24, 2.45) is 0 Å². The van der Waals surface area contributed by atoms with E-state index in [1.807, 2.05) is 0 Å². The van der Waals surface area contributed by atoms with E-state index in [1.54, 1.807) is 0 Å². The van der Waals surface area contributed by atoms with E-state index in [2.05, 4.69) is 144 Å². The summed E-state index contributed by atoms with van der Waals surface area (Å²) in [5, 5.41) is 5.51. The Balaban J connectivity index is 0.000000655. The zero-order valence-electron chi connectivity index (χ0n) is 24.2. The van der Waals surface area contributed by atoms with Crippen LogP contribution < -0.4 is 0 Å². The Bertz CT molecular complexity index is 1400. The summed E-state index contributed by atoms with van der Waals surface area (Å²) in [7, 11) is 0. The second-order valence-corrected chi connectivity index (χ2v) is 9.27. The molecule has 6 rings (SSSR count). The van der Waals surface area contributed by atoms with Crippen LogP contribution in [0.15, 0.2) is 109 Å². The molecule has 0 unspecified atom stereocenters. The molecule has 2 radical (unpaired) electrons. The average Bonchev–Trinajstić information content (AvgIpc) is 3.59. The average molecular weight is 661 g/mol. The van der Waals surface area contributed by atoms with Gasteiger partial charge in [-0.2, -0.15) is 0 Å². The molecular formula is C36H38Cl2SiZr-4. The van der Waals surface area contributed by atoms with Crippen molar-refractivity contribution < 1.29 is 23.3 Å². The Hall–Kier alpha value is -2.22. The minimum atomic E-state index is 0. The van der Waals surface area contributed by atoms with Crippen LogP contribution >= 0.6 is 24.8 Å². The van der Waals surface area contributed by atoms with Crippen molar-refractivity contribution in [2.45, 2.75) is 27.7 Å². The summed E-state index contributed by atoms with van der Waals surface area (Å²) >= 11 is 1.36. The fraction of sp³-hybridized carbons (Fsp3) is 0.111. The Morgan fingerprint density at radius 2 is 0.775 bits per heavy atom. The predicted octanol–water partition coefficient (Wildman–Crippen LogP) is 11.0. The van der Waals surface area contributed by atoms with Crippen LogP contribution in [-0.2, 0) is 23.3 Å². The topological polar surface area (TPSA) is 0 Å². The van der Waals surface area contributed by atoms with Gasteiger partial charge >= 0.3 is 30.2 Å². The third-order valence-corrected chi connectivity index (χ3v) is 6.86. The third kappa shape index (κ3) is 8.40. The number of hydrogen-bond donors (Lipinski definition) is 0. The molecule has 0 amide bonds. The zero-order valence-corrected chi connectivity index (χ0v) is 29.3. The van der Waals surface area contributed by atoms with E-state index in [9.17, 15) is 0 Å². The first kappa shape index (κ1) is 37.8. The molecule has 0 atom stereocenters. The molecule has 208 valence electrons. The van der Waals surface area contributed by atoms with Crippen LogP contribution in [0.4, 0.5) is 0 Å². The normalized spacial score (nSPS) is 9.38. The first-order chi connectivity index (χ1) is 17.5. The number of aryl methyl sites for hydroxylation is 4. The first-order valence-corrected chi connectivity index (χ1v) is 16.4. The van der Waals surface area contributed by atoms with Crippen LogP contribution in [-0.4, -0.2) is 6.88 Å². The Morgan fingerprint density at radius 3 is 1.07 bits per heavy atom. The van der Waals surface area contributed by atoms with E-state index < -0.39 is 0 Å². The molecule has 40 heavy (non-hydrogen) atoms. The molecule has 6 aromatic carbocycles. The zero-order chi connectivity index (χ0) is 25.7. The predicted molar refractivity (Wildman–Crippen MR) is 182 cm³/mol. The number of halogens is 2. The van der Waals surface area contributed by atoms with Gasteiger partial charge in [0.2, 0.25) is 0 Å². The van der Waals surface area contributed by atoms with Crippen molar-refractivity contribution in [2.75, 3.05) is 0 Å². The Morgan fingerprint density at radius 1 is 0.475 bits per heavy atom. The second kappa shape index (κ2) is 17.6. The van der Waals surface area contributed by atoms with E-state index in [0.29, 0.717) is 0 Å². The van der Waals surface area contributed by atoms with Crippen LogP contribution in [0, 0.1) is 42.5 Å². The monoisotopic (exact) mass is 658 g/mol. The summed E-state index contributed by atoms with van der Waals surface area (Å²) in [6.45, 7) is 11.8. The summed E-state index contributed by atoms with van der Waals surface area (Å²) < 4.78 is 0. The van der Waals surface area contributed by atoms with Crippen LogP contribution in [0.3, 0.4) is 0 Å². The molecule has 0 heterocycles. The van der Waals surface area contributed by atoms with Gasteiger partial charge in [0, 0.05) is 0 Å². The molecule has 0 spiro atoms. The van der Waals surface area contributed by atoms with Crippen LogP contribution in [0.5, 0.6) is 0 Å². The van der Waals surface area contributed by atoms with Crippen molar-refractivity contribution in [1.29, 1.82) is 0 Å². The van der Waals surface area contributed by atoms with Crippen LogP contribution in [0.2, 0.25) is 0 Å². The van der Waals surface area contributed by atoms with Crippen LogP contribution in [0.1, 0.15) is 22.3 Å². The van der Waals surface area contributed by atoms with E-state index >= 15 is 0 Å². The van der Waals surface area contributed by atoms with Gasteiger partial charge in [-0.25, -0.2) is 0 Å². The quantitative estimate of drug-likeness (QED) is 0.128. The summed E-state index contributed by atoms with van der Waals surface area (Å²) in [6.07, 6.45) is 0.